The number of hydrogen-bond acceptors (Lipinski definition) is 3. The van der Waals surface area contributed by atoms with E-state index in [2.05, 4.69) is 13.5 Å². The normalized spacial score (nSPS) is 43.6. The molecule has 0 spiro atoms. The molecule has 0 saturated heterocycles. The Hall–Kier alpha value is -1.09. The van der Waals surface area contributed by atoms with E-state index in [1.807, 2.05) is 6.92 Å². The summed E-state index contributed by atoms with van der Waals surface area (Å²) in [7, 11) is 0. The van der Waals surface area contributed by atoms with Crippen molar-refractivity contribution < 1.29 is 14.6 Å². The van der Waals surface area contributed by atoms with Crippen molar-refractivity contribution >= 4 is 5.97 Å². The van der Waals surface area contributed by atoms with Crippen LogP contribution in [-0.4, -0.2) is 23.3 Å². The van der Waals surface area contributed by atoms with Gasteiger partial charge in [-0.2, -0.15) is 0 Å². The summed E-state index contributed by atoms with van der Waals surface area (Å²) in [4.78, 5) is 11.6. The molecule has 98 valence electrons. The second kappa shape index (κ2) is 3.70. The Morgan fingerprint density at radius 3 is 2.94 bits per heavy atom. The average Bonchev–Trinajstić information content (AvgIpc) is 2.58. The van der Waals surface area contributed by atoms with Crippen LogP contribution >= 0.6 is 0 Å². The highest BCUT2D eigenvalue weighted by atomic mass is 16.5. The fourth-order valence-corrected chi connectivity index (χ4v) is 3.91. The number of fused-ring (bicyclic) bond motifs is 2. The Kier molecular flexibility index (Phi) is 2.46. The highest BCUT2D eigenvalue weighted by molar-refractivity contribution is 5.91. The third-order valence-corrected chi connectivity index (χ3v) is 5.26. The fraction of sp³-hybridized carbons (Fsp3) is 0.667. The van der Waals surface area contributed by atoms with Crippen LogP contribution in [0, 0.1) is 11.3 Å². The molecule has 2 aliphatic carbocycles. The zero-order valence-electron chi connectivity index (χ0n) is 11.0. The molecule has 0 aromatic heterocycles. The van der Waals surface area contributed by atoms with E-state index < -0.39 is 0 Å². The van der Waals surface area contributed by atoms with E-state index >= 15 is 0 Å². The Labute approximate surface area is 108 Å². The van der Waals surface area contributed by atoms with Crippen molar-refractivity contribution in [3.8, 4) is 0 Å². The second-order valence-electron chi connectivity index (χ2n) is 6.22. The van der Waals surface area contributed by atoms with Gasteiger partial charge in [0.15, 0.2) is 0 Å². The number of allylic oxidation sites excluding steroid dienone is 1. The van der Waals surface area contributed by atoms with Crippen LogP contribution in [0.2, 0.25) is 0 Å². The molecule has 2 fully saturated rings. The maximum absolute atomic E-state index is 11.6. The van der Waals surface area contributed by atoms with Gasteiger partial charge in [-0.3, -0.25) is 0 Å². The van der Waals surface area contributed by atoms with Crippen molar-refractivity contribution in [2.75, 3.05) is 0 Å². The average molecular weight is 248 g/mol. The lowest BCUT2D eigenvalue weighted by molar-refractivity contribution is -0.144. The van der Waals surface area contributed by atoms with Crippen molar-refractivity contribution in [1.82, 2.24) is 0 Å². The molecule has 1 heterocycles. The van der Waals surface area contributed by atoms with Gasteiger partial charge in [0.1, 0.15) is 6.10 Å². The molecule has 2 saturated carbocycles. The zero-order valence-corrected chi connectivity index (χ0v) is 11.0. The van der Waals surface area contributed by atoms with Gasteiger partial charge in [-0.25, -0.2) is 4.79 Å². The first-order valence-electron chi connectivity index (χ1n) is 6.70. The van der Waals surface area contributed by atoms with E-state index in [1.54, 1.807) is 0 Å². The quantitative estimate of drug-likeness (QED) is 0.529. The van der Waals surface area contributed by atoms with Gasteiger partial charge in [0.05, 0.1) is 6.10 Å². The Morgan fingerprint density at radius 2 is 2.22 bits per heavy atom. The zero-order chi connectivity index (χ0) is 13.1. The molecule has 3 heteroatoms. The van der Waals surface area contributed by atoms with Gasteiger partial charge in [0, 0.05) is 11.0 Å². The van der Waals surface area contributed by atoms with E-state index in [-0.39, 0.29) is 29.5 Å². The number of aliphatic hydroxyl groups is 1. The molecule has 0 aromatic rings. The molecular weight excluding hydrogens is 228 g/mol. The molecule has 0 amide bonds. The topological polar surface area (TPSA) is 46.5 Å². The summed E-state index contributed by atoms with van der Waals surface area (Å²) < 4.78 is 5.42. The van der Waals surface area contributed by atoms with Crippen LogP contribution in [-0.2, 0) is 9.53 Å². The Bertz CT molecular complexity index is 462. The summed E-state index contributed by atoms with van der Waals surface area (Å²) >= 11 is 0. The number of rotatable bonds is 0. The van der Waals surface area contributed by atoms with Gasteiger partial charge in [0.2, 0.25) is 0 Å². The summed E-state index contributed by atoms with van der Waals surface area (Å²) in [6.45, 7) is 8.14. The van der Waals surface area contributed by atoms with Crippen molar-refractivity contribution in [3.63, 3.8) is 0 Å². The minimum absolute atomic E-state index is 0.112. The molecule has 3 rings (SSSR count). The van der Waals surface area contributed by atoms with Gasteiger partial charge in [-0.1, -0.05) is 19.1 Å². The number of carbonyl (C=O) groups excluding carboxylic acids is 1. The molecule has 1 aliphatic heterocycles. The van der Waals surface area contributed by atoms with Gasteiger partial charge < -0.3 is 9.84 Å². The van der Waals surface area contributed by atoms with Crippen LogP contribution in [0.5, 0.6) is 0 Å². The number of hydrogen-bond donors (Lipinski definition) is 1. The van der Waals surface area contributed by atoms with Gasteiger partial charge in [0.25, 0.3) is 0 Å². The summed E-state index contributed by atoms with van der Waals surface area (Å²) in [6.07, 6.45) is 2.82. The Morgan fingerprint density at radius 1 is 1.50 bits per heavy atom. The molecule has 18 heavy (non-hydrogen) atoms. The summed E-state index contributed by atoms with van der Waals surface area (Å²) in [6, 6.07) is 0. The SMILES string of the molecule is C=C1CC[C@@H](O)[C@]2(C)C[C@@H]3OC(=O)C(C)=C3C[C@H]12. The van der Waals surface area contributed by atoms with Gasteiger partial charge >= 0.3 is 5.97 Å². The maximum atomic E-state index is 11.6. The van der Waals surface area contributed by atoms with E-state index in [0.29, 0.717) is 0 Å². The van der Waals surface area contributed by atoms with Crippen LogP contribution in [0.3, 0.4) is 0 Å². The van der Waals surface area contributed by atoms with Crippen LogP contribution in [0.1, 0.15) is 39.5 Å². The monoisotopic (exact) mass is 248 g/mol. The summed E-state index contributed by atoms with van der Waals surface area (Å²) in [5.41, 5.74) is 2.95. The Balaban J connectivity index is 1.99. The molecule has 3 aliphatic rings. The highest BCUT2D eigenvalue weighted by Gasteiger charge is 2.53. The molecule has 0 bridgehead atoms. The third-order valence-electron chi connectivity index (χ3n) is 5.26. The van der Waals surface area contributed by atoms with Gasteiger partial charge in [-0.15, -0.1) is 0 Å². The minimum atomic E-state index is -0.311. The molecule has 0 aromatic carbocycles. The van der Waals surface area contributed by atoms with Crippen molar-refractivity contribution in [1.29, 1.82) is 0 Å². The van der Waals surface area contributed by atoms with E-state index in [9.17, 15) is 9.90 Å². The van der Waals surface area contributed by atoms with E-state index in [1.165, 1.54) is 5.57 Å². The minimum Gasteiger partial charge on any atom is -0.454 e. The summed E-state index contributed by atoms with van der Waals surface area (Å²) in [5, 5.41) is 10.3. The molecule has 4 atom stereocenters. The fourth-order valence-electron chi connectivity index (χ4n) is 3.91. The van der Waals surface area contributed by atoms with Crippen molar-refractivity contribution in [2.45, 2.75) is 51.7 Å². The largest absolute Gasteiger partial charge is 0.454 e. The lowest BCUT2D eigenvalue weighted by atomic mass is 9.56. The first-order valence-corrected chi connectivity index (χ1v) is 6.70. The number of carbonyl (C=O) groups is 1. The maximum Gasteiger partial charge on any atom is 0.334 e. The van der Waals surface area contributed by atoms with Crippen LogP contribution < -0.4 is 0 Å². The van der Waals surface area contributed by atoms with Crippen LogP contribution in [0.15, 0.2) is 23.3 Å². The highest BCUT2D eigenvalue weighted by Crippen LogP contribution is 2.55. The lowest BCUT2D eigenvalue weighted by Crippen LogP contribution is -2.49. The first-order chi connectivity index (χ1) is 8.43. The molecule has 0 radical (unpaired) electrons. The molecule has 0 unspecified atom stereocenters. The van der Waals surface area contributed by atoms with E-state index in [0.717, 1.165) is 36.8 Å². The van der Waals surface area contributed by atoms with Crippen molar-refractivity contribution in [3.05, 3.63) is 23.3 Å². The van der Waals surface area contributed by atoms with E-state index in [4.69, 9.17) is 4.74 Å². The number of aliphatic hydroxyl groups excluding tert-OH is 1. The smallest absolute Gasteiger partial charge is 0.334 e. The predicted octanol–water partition coefficient (Wildman–Crippen LogP) is 2.36. The number of esters is 1. The first kappa shape index (κ1) is 12.0. The lowest BCUT2D eigenvalue weighted by Gasteiger charge is -2.51. The predicted molar refractivity (Wildman–Crippen MR) is 67.8 cm³/mol. The van der Waals surface area contributed by atoms with Gasteiger partial charge in [-0.05, 0) is 44.1 Å². The van der Waals surface area contributed by atoms with Crippen LogP contribution in [0.25, 0.3) is 0 Å². The second-order valence-corrected chi connectivity index (χ2v) is 6.22. The third kappa shape index (κ3) is 1.43. The van der Waals surface area contributed by atoms with Crippen LogP contribution in [0.4, 0.5) is 0 Å². The summed E-state index contributed by atoms with van der Waals surface area (Å²) in [5.74, 6) is 0.106. The van der Waals surface area contributed by atoms with Crippen molar-refractivity contribution in [2.24, 2.45) is 11.3 Å². The number of ether oxygens (including phenoxy) is 1. The standard InChI is InChI=1S/C15H20O3/c1-8-4-5-13(16)15(3)7-12-10(6-11(8)15)9(2)14(17)18-12/h11-13,16H,1,4-7H2,2-3H3/t11-,12+,13-,15-/m1/s1. The molecular formula is C15H20O3. The molecule has 3 nitrogen and oxygen atoms in total. The molecule has 1 N–H and O–H groups in total.